The molecule has 0 amide bonds. The molecule has 20 heavy (non-hydrogen) atoms. The van der Waals surface area contributed by atoms with Gasteiger partial charge in [-0.15, -0.1) is 0 Å². The number of rotatable bonds is 5. The number of hydrogen-bond acceptors (Lipinski definition) is 4. The normalized spacial score (nSPS) is 11.4. The summed E-state index contributed by atoms with van der Waals surface area (Å²) in [5.74, 6) is 0. The lowest BCUT2D eigenvalue weighted by Gasteiger charge is -2.10. The Morgan fingerprint density at radius 1 is 1.20 bits per heavy atom. The SMILES string of the molecule is Cc1c(N)cccc1S(=O)(=O)NCCc1ccncc1. The van der Waals surface area contributed by atoms with E-state index in [1.165, 1.54) is 0 Å². The highest BCUT2D eigenvalue weighted by molar-refractivity contribution is 7.89. The molecule has 5 nitrogen and oxygen atoms in total. The number of nitrogen functional groups attached to an aromatic ring is 1. The molecule has 0 spiro atoms. The number of aromatic nitrogens is 1. The lowest BCUT2D eigenvalue weighted by molar-refractivity contribution is 0.581. The molecule has 0 bridgehead atoms. The third kappa shape index (κ3) is 3.34. The van der Waals surface area contributed by atoms with Gasteiger partial charge >= 0.3 is 0 Å². The molecule has 1 aromatic carbocycles. The van der Waals surface area contributed by atoms with Crippen molar-refractivity contribution in [2.75, 3.05) is 12.3 Å². The zero-order valence-corrected chi connectivity index (χ0v) is 12.0. The monoisotopic (exact) mass is 291 g/mol. The van der Waals surface area contributed by atoms with E-state index in [1.807, 2.05) is 12.1 Å². The Bertz CT molecular complexity index is 685. The Hall–Kier alpha value is -1.92. The summed E-state index contributed by atoms with van der Waals surface area (Å²) in [6.07, 6.45) is 3.99. The van der Waals surface area contributed by atoms with Crippen LogP contribution in [0.1, 0.15) is 11.1 Å². The summed E-state index contributed by atoms with van der Waals surface area (Å²) in [6, 6.07) is 8.60. The summed E-state index contributed by atoms with van der Waals surface area (Å²) >= 11 is 0. The largest absolute Gasteiger partial charge is 0.398 e. The van der Waals surface area contributed by atoms with Crippen molar-refractivity contribution in [2.45, 2.75) is 18.2 Å². The molecule has 0 saturated heterocycles. The smallest absolute Gasteiger partial charge is 0.240 e. The van der Waals surface area contributed by atoms with Gasteiger partial charge < -0.3 is 5.73 Å². The number of nitrogens with zero attached hydrogens (tertiary/aromatic N) is 1. The van der Waals surface area contributed by atoms with Gasteiger partial charge in [-0.05, 0) is 48.7 Å². The van der Waals surface area contributed by atoms with E-state index in [1.54, 1.807) is 37.5 Å². The maximum Gasteiger partial charge on any atom is 0.240 e. The summed E-state index contributed by atoms with van der Waals surface area (Å²) in [7, 11) is -3.53. The summed E-state index contributed by atoms with van der Waals surface area (Å²) in [5.41, 5.74) is 7.82. The van der Waals surface area contributed by atoms with E-state index in [9.17, 15) is 8.42 Å². The van der Waals surface area contributed by atoms with Crippen molar-refractivity contribution in [1.29, 1.82) is 0 Å². The molecule has 2 rings (SSSR count). The van der Waals surface area contributed by atoms with E-state index in [0.717, 1.165) is 5.56 Å². The molecule has 0 aliphatic heterocycles. The average molecular weight is 291 g/mol. The molecule has 0 unspecified atom stereocenters. The molecule has 2 aromatic rings. The maximum atomic E-state index is 12.2. The molecule has 1 heterocycles. The van der Waals surface area contributed by atoms with Gasteiger partial charge in [0.25, 0.3) is 0 Å². The van der Waals surface area contributed by atoms with E-state index in [2.05, 4.69) is 9.71 Å². The van der Waals surface area contributed by atoms with Crippen LogP contribution in [-0.2, 0) is 16.4 Å². The Labute approximate surface area is 118 Å². The number of nitrogens with two attached hydrogens (primary N) is 1. The summed E-state index contributed by atoms with van der Waals surface area (Å²) in [6.45, 7) is 2.04. The first-order valence-electron chi connectivity index (χ1n) is 6.24. The molecule has 0 fully saturated rings. The second-order valence-corrected chi connectivity index (χ2v) is 6.21. The highest BCUT2D eigenvalue weighted by atomic mass is 32.2. The topological polar surface area (TPSA) is 85.1 Å². The van der Waals surface area contributed by atoms with Crippen molar-refractivity contribution in [3.05, 3.63) is 53.9 Å². The Kier molecular flexibility index (Phi) is 4.36. The van der Waals surface area contributed by atoms with Crippen molar-refractivity contribution in [1.82, 2.24) is 9.71 Å². The van der Waals surface area contributed by atoms with E-state index in [0.29, 0.717) is 24.2 Å². The number of benzene rings is 1. The molecule has 0 saturated carbocycles. The van der Waals surface area contributed by atoms with Crippen LogP contribution in [0.25, 0.3) is 0 Å². The average Bonchev–Trinajstić information content (AvgIpc) is 2.42. The minimum atomic E-state index is -3.53. The lowest BCUT2D eigenvalue weighted by atomic mass is 10.2. The first kappa shape index (κ1) is 14.5. The molecule has 1 aromatic heterocycles. The Morgan fingerprint density at radius 2 is 1.90 bits per heavy atom. The van der Waals surface area contributed by atoms with Crippen molar-refractivity contribution in [2.24, 2.45) is 0 Å². The van der Waals surface area contributed by atoms with Crippen LogP contribution < -0.4 is 10.5 Å². The van der Waals surface area contributed by atoms with Crippen molar-refractivity contribution >= 4 is 15.7 Å². The second-order valence-electron chi connectivity index (χ2n) is 4.47. The van der Waals surface area contributed by atoms with E-state index in [4.69, 9.17) is 5.73 Å². The first-order valence-corrected chi connectivity index (χ1v) is 7.72. The van der Waals surface area contributed by atoms with Crippen LogP contribution in [-0.4, -0.2) is 19.9 Å². The van der Waals surface area contributed by atoms with Crippen molar-refractivity contribution in [3.8, 4) is 0 Å². The van der Waals surface area contributed by atoms with Gasteiger partial charge in [0.05, 0.1) is 4.90 Å². The van der Waals surface area contributed by atoms with Gasteiger partial charge in [-0.25, -0.2) is 13.1 Å². The number of pyridine rings is 1. The minimum Gasteiger partial charge on any atom is -0.398 e. The first-order chi connectivity index (χ1) is 9.50. The third-order valence-electron chi connectivity index (χ3n) is 3.07. The fraction of sp³-hybridized carbons (Fsp3) is 0.214. The number of sulfonamides is 1. The van der Waals surface area contributed by atoms with Crippen LogP contribution in [0.3, 0.4) is 0 Å². The van der Waals surface area contributed by atoms with Crippen LogP contribution in [0.4, 0.5) is 5.69 Å². The van der Waals surface area contributed by atoms with Crippen LogP contribution in [0, 0.1) is 6.92 Å². The van der Waals surface area contributed by atoms with Crippen LogP contribution >= 0.6 is 0 Å². The fourth-order valence-electron chi connectivity index (χ4n) is 1.88. The van der Waals surface area contributed by atoms with Gasteiger partial charge in [0.2, 0.25) is 10.0 Å². The molecular formula is C14H17N3O2S. The highest BCUT2D eigenvalue weighted by Crippen LogP contribution is 2.20. The lowest BCUT2D eigenvalue weighted by Crippen LogP contribution is -2.26. The van der Waals surface area contributed by atoms with Gasteiger partial charge in [0.1, 0.15) is 0 Å². The third-order valence-corrected chi connectivity index (χ3v) is 4.68. The van der Waals surface area contributed by atoms with Crippen molar-refractivity contribution < 1.29 is 8.42 Å². The molecule has 106 valence electrons. The number of nitrogens with one attached hydrogen (secondary N) is 1. The summed E-state index contributed by atoms with van der Waals surface area (Å²) < 4.78 is 27.0. The fourth-order valence-corrected chi connectivity index (χ4v) is 3.18. The highest BCUT2D eigenvalue weighted by Gasteiger charge is 2.17. The zero-order chi connectivity index (χ0) is 14.6. The quantitative estimate of drug-likeness (QED) is 0.817. The predicted octanol–water partition coefficient (Wildman–Crippen LogP) is 1.49. The Balaban J connectivity index is 2.06. The van der Waals surface area contributed by atoms with E-state index >= 15 is 0 Å². The summed E-state index contributed by atoms with van der Waals surface area (Å²) in [5, 5.41) is 0. The molecule has 6 heteroatoms. The molecule has 0 aliphatic rings. The number of anilines is 1. The van der Waals surface area contributed by atoms with Crippen LogP contribution in [0.2, 0.25) is 0 Å². The molecule has 0 radical (unpaired) electrons. The minimum absolute atomic E-state index is 0.229. The van der Waals surface area contributed by atoms with Crippen LogP contribution in [0.15, 0.2) is 47.6 Å². The number of hydrogen-bond donors (Lipinski definition) is 2. The predicted molar refractivity (Wildman–Crippen MR) is 78.7 cm³/mol. The van der Waals surface area contributed by atoms with E-state index < -0.39 is 10.0 Å². The van der Waals surface area contributed by atoms with E-state index in [-0.39, 0.29) is 4.90 Å². The van der Waals surface area contributed by atoms with Gasteiger partial charge in [-0.3, -0.25) is 4.98 Å². The van der Waals surface area contributed by atoms with Gasteiger partial charge in [0, 0.05) is 24.6 Å². The Morgan fingerprint density at radius 3 is 2.60 bits per heavy atom. The van der Waals surface area contributed by atoms with Crippen molar-refractivity contribution in [3.63, 3.8) is 0 Å². The molecule has 0 atom stereocenters. The van der Waals surface area contributed by atoms with Crippen LogP contribution in [0.5, 0.6) is 0 Å². The molecule has 3 N–H and O–H groups in total. The maximum absolute atomic E-state index is 12.2. The second kappa shape index (κ2) is 6.02. The molecular weight excluding hydrogens is 274 g/mol. The van der Waals surface area contributed by atoms with Gasteiger partial charge in [-0.1, -0.05) is 6.07 Å². The summed E-state index contributed by atoms with van der Waals surface area (Å²) in [4.78, 5) is 4.15. The van der Waals surface area contributed by atoms with Gasteiger partial charge in [-0.2, -0.15) is 0 Å². The standard InChI is InChI=1S/C14H17N3O2S/c1-11-13(15)3-2-4-14(11)20(18,19)17-10-7-12-5-8-16-9-6-12/h2-6,8-9,17H,7,10,15H2,1H3. The van der Waals surface area contributed by atoms with Gasteiger partial charge in [0.15, 0.2) is 0 Å². The molecule has 0 aliphatic carbocycles. The zero-order valence-electron chi connectivity index (χ0n) is 11.2.